The van der Waals surface area contributed by atoms with Crippen LogP contribution in [0.5, 0.6) is 0 Å². The van der Waals surface area contributed by atoms with Gasteiger partial charge in [-0.2, -0.15) is 0 Å². The van der Waals surface area contributed by atoms with E-state index in [0.717, 1.165) is 16.8 Å². The van der Waals surface area contributed by atoms with Crippen molar-refractivity contribution in [2.24, 2.45) is 12.2 Å². The van der Waals surface area contributed by atoms with Crippen molar-refractivity contribution in [1.29, 1.82) is 0 Å². The average Bonchev–Trinajstić information content (AvgIpc) is 3.18. The number of para-hydroxylation sites is 1. The third-order valence-corrected chi connectivity index (χ3v) is 4.95. The number of benzene rings is 2. The van der Waals surface area contributed by atoms with E-state index in [2.05, 4.69) is 10.5 Å². The largest absolute Gasteiger partial charge is 0.390 e. The van der Waals surface area contributed by atoms with Crippen molar-refractivity contribution in [2.75, 3.05) is 6.54 Å². The number of fused-ring (bicyclic) bond motifs is 1. The first-order valence-electron chi connectivity index (χ1n) is 9.34. The van der Waals surface area contributed by atoms with Gasteiger partial charge in [-0.3, -0.25) is 9.59 Å². The van der Waals surface area contributed by atoms with Crippen LogP contribution in [-0.2, 0) is 18.3 Å². The lowest BCUT2D eigenvalue weighted by molar-refractivity contribution is 0.0753. The number of nitrogens with one attached hydrogen (secondary N) is 1. The molecule has 0 fully saturated rings. The minimum Gasteiger partial charge on any atom is -0.390 e. The Hall–Kier alpha value is -3.48. The quantitative estimate of drug-likeness (QED) is 0.725. The number of hydrogen-bond acceptors (Lipinski definition) is 4. The highest BCUT2D eigenvalue weighted by atomic mass is 19.1. The maximum absolute atomic E-state index is 13.0. The molecule has 3 aromatic rings. The zero-order valence-corrected chi connectivity index (χ0v) is 15.9. The van der Waals surface area contributed by atoms with Gasteiger partial charge >= 0.3 is 0 Å². The summed E-state index contributed by atoms with van der Waals surface area (Å²) in [6, 6.07) is 13.4. The highest BCUT2D eigenvalue weighted by Crippen LogP contribution is 2.15. The van der Waals surface area contributed by atoms with Crippen LogP contribution < -0.4 is 10.7 Å². The molecule has 1 amide bonds. The van der Waals surface area contributed by atoms with Crippen LogP contribution in [-0.4, -0.2) is 28.8 Å². The Morgan fingerprint density at radius 2 is 2.00 bits per heavy atom. The van der Waals surface area contributed by atoms with E-state index in [4.69, 9.17) is 4.84 Å². The molecule has 2 aromatic carbocycles. The van der Waals surface area contributed by atoms with Crippen LogP contribution in [0.3, 0.4) is 0 Å². The number of carbonyl (C=O) groups is 1. The molecule has 7 heteroatoms. The van der Waals surface area contributed by atoms with Gasteiger partial charge in [-0.15, -0.1) is 0 Å². The molecule has 1 aliphatic heterocycles. The Kier molecular flexibility index (Phi) is 5.12. The highest BCUT2D eigenvalue weighted by molar-refractivity contribution is 5.97. The van der Waals surface area contributed by atoms with E-state index >= 15 is 0 Å². The molecule has 0 unspecified atom stereocenters. The van der Waals surface area contributed by atoms with Gasteiger partial charge < -0.3 is 14.7 Å². The lowest BCUT2D eigenvalue weighted by Crippen LogP contribution is -2.35. The maximum atomic E-state index is 13.0. The summed E-state index contributed by atoms with van der Waals surface area (Å²) in [4.78, 5) is 30.6. The molecule has 0 spiro atoms. The number of aromatic nitrogens is 1. The van der Waals surface area contributed by atoms with Gasteiger partial charge in [-0.25, -0.2) is 4.39 Å². The molecule has 2 heterocycles. The summed E-state index contributed by atoms with van der Waals surface area (Å²) >= 11 is 0. The van der Waals surface area contributed by atoms with E-state index in [1.165, 1.54) is 12.1 Å². The normalized spacial score (nSPS) is 15.8. The predicted molar refractivity (Wildman–Crippen MR) is 109 cm³/mol. The van der Waals surface area contributed by atoms with Crippen molar-refractivity contribution >= 4 is 22.5 Å². The lowest BCUT2D eigenvalue weighted by Gasteiger charge is -2.12. The first-order chi connectivity index (χ1) is 14.0. The van der Waals surface area contributed by atoms with E-state index in [0.29, 0.717) is 18.2 Å². The fourth-order valence-corrected chi connectivity index (χ4v) is 3.44. The van der Waals surface area contributed by atoms with Crippen LogP contribution in [0, 0.1) is 5.82 Å². The number of rotatable bonds is 5. The molecule has 148 valence electrons. The molecule has 29 heavy (non-hydrogen) atoms. The molecule has 0 saturated heterocycles. The van der Waals surface area contributed by atoms with Crippen LogP contribution in [0.1, 0.15) is 22.3 Å². The van der Waals surface area contributed by atoms with Gasteiger partial charge in [0, 0.05) is 31.5 Å². The SMILES string of the molecule is Cn1cc(C(=O)NC[C@H]2CC(Cc3ccc(F)cc3)=NO2)c(=O)c2ccccc21. The average molecular weight is 393 g/mol. The second-order valence-electron chi connectivity index (χ2n) is 7.10. The Morgan fingerprint density at radius 1 is 1.24 bits per heavy atom. The summed E-state index contributed by atoms with van der Waals surface area (Å²) in [6.07, 6.45) is 2.38. The van der Waals surface area contributed by atoms with E-state index in [1.807, 2.05) is 12.1 Å². The van der Waals surface area contributed by atoms with Gasteiger partial charge in [0.25, 0.3) is 5.91 Å². The Morgan fingerprint density at radius 3 is 2.79 bits per heavy atom. The summed E-state index contributed by atoms with van der Waals surface area (Å²) < 4.78 is 14.8. The molecule has 1 atom stereocenters. The summed E-state index contributed by atoms with van der Waals surface area (Å²) in [5, 5.41) is 7.33. The maximum Gasteiger partial charge on any atom is 0.256 e. The van der Waals surface area contributed by atoms with Gasteiger partial charge in [0.15, 0.2) is 0 Å². The van der Waals surface area contributed by atoms with Crippen LogP contribution in [0.4, 0.5) is 4.39 Å². The zero-order chi connectivity index (χ0) is 20.4. The minimum atomic E-state index is -0.438. The third-order valence-electron chi connectivity index (χ3n) is 4.95. The monoisotopic (exact) mass is 393 g/mol. The summed E-state index contributed by atoms with van der Waals surface area (Å²) in [7, 11) is 1.80. The Labute approximate surface area is 166 Å². The van der Waals surface area contributed by atoms with Gasteiger partial charge in [0.05, 0.1) is 17.8 Å². The first-order valence-corrected chi connectivity index (χ1v) is 9.34. The number of pyridine rings is 1. The molecule has 1 aromatic heterocycles. The number of hydrogen-bond donors (Lipinski definition) is 1. The second kappa shape index (κ2) is 7.87. The molecular formula is C22H20FN3O3. The molecule has 6 nitrogen and oxygen atoms in total. The molecule has 1 N–H and O–H groups in total. The van der Waals surface area contributed by atoms with Crippen LogP contribution in [0.15, 0.2) is 64.7 Å². The lowest BCUT2D eigenvalue weighted by atomic mass is 10.0. The minimum absolute atomic E-state index is 0.0941. The van der Waals surface area contributed by atoms with Crippen molar-refractivity contribution in [3.63, 3.8) is 0 Å². The molecular weight excluding hydrogens is 373 g/mol. The van der Waals surface area contributed by atoms with Crippen LogP contribution >= 0.6 is 0 Å². The van der Waals surface area contributed by atoms with Crippen molar-refractivity contribution in [2.45, 2.75) is 18.9 Å². The van der Waals surface area contributed by atoms with Crippen LogP contribution in [0.2, 0.25) is 0 Å². The Bertz CT molecular complexity index is 1150. The van der Waals surface area contributed by atoms with Crippen molar-refractivity contribution in [3.05, 3.63) is 81.9 Å². The molecule has 0 bridgehead atoms. The molecule has 1 aliphatic rings. The Balaban J connectivity index is 1.37. The molecule has 4 rings (SSSR count). The van der Waals surface area contributed by atoms with E-state index < -0.39 is 5.91 Å². The topological polar surface area (TPSA) is 72.7 Å². The van der Waals surface area contributed by atoms with Gasteiger partial charge in [-0.1, -0.05) is 29.4 Å². The number of nitrogens with zero attached hydrogens (tertiary/aromatic N) is 2. The first kappa shape index (κ1) is 18.9. The standard InChI is InChI=1S/C22H20FN3O3/c1-26-13-19(21(27)18-4-2-3-5-20(18)26)22(28)24-12-17-11-16(25-29-17)10-14-6-8-15(23)9-7-14/h2-9,13,17H,10-12H2,1H3,(H,24,28)/t17-/m1/s1. The fourth-order valence-electron chi connectivity index (χ4n) is 3.44. The number of oxime groups is 1. The van der Waals surface area contributed by atoms with Gasteiger partial charge in [0.2, 0.25) is 5.43 Å². The molecule has 0 saturated carbocycles. The van der Waals surface area contributed by atoms with Crippen molar-refractivity contribution in [1.82, 2.24) is 9.88 Å². The zero-order valence-electron chi connectivity index (χ0n) is 15.9. The van der Waals surface area contributed by atoms with E-state index in [1.54, 1.807) is 42.1 Å². The van der Waals surface area contributed by atoms with E-state index in [9.17, 15) is 14.0 Å². The number of amides is 1. The molecule has 0 aliphatic carbocycles. The smallest absolute Gasteiger partial charge is 0.256 e. The number of carbonyl (C=O) groups excluding carboxylic acids is 1. The van der Waals surface area contributed by atoms with E-state index in [-0.39, 0.29) is 29.5 Å². The van der Waals surface area contributed by atoms with Crippen molar-refractivity contribution < 1.29 is 14.0 Å². The van der Waals surface area contributed by atoms with Crippen LogP contribution in [0.25, 0.3) is 10.9 Å². The molecule has 0 radical (unpaired) electrons. The van der Waals surface area contributed by atoms with Gasteiger partial charge in [0.1, 0.15) is 17.5 Å². The predicted octanol–water partition coefficient (Wildman–Crippen LogP) is 2.80. The summed E-state index contributed by atoms with van der Waals surface area (Å²) in [6.45, 7) is 0.241. The van der Waals surface area contributed by atoms with Crippen molar-refractivity contribution in [3.8, 4) is 0 Å². The number of halogens is 1. The summed E-state index contributed by atoms with van der Waals surface area (Å²) in [5.74, 6) is -0.717. The summed E-state index contributed by atoms with van der Waals surface area (Å²) in [5.41, 5.74) is 2.34. The third kappa shape index (κ3) is 4.03. The number of aryl methyl sites for hydroxylation is 1. The van der Waals surface area contributed by atoms with Gasteiger partial charge in [-0.05, 0) is 29.8 Å². The second-order valence-corrected chi connectivity index (χ2v) is 7.10. The fraction of sp³-hybridized carbons (Fsp3) is 0.227. The highest BCUT2D eigenvalue weighted by Gasteiger charge is 2.23.